The molecule has 0 atom stereocenters. The molecule has 0 heterocycles. The number of esters is 1. The van der Waals surface area contributed by atoms with Crippen molar-refractivity contribution in [3.8, 4) is 0 Å². The molecule has 0 unspecified atom stereocenters. The molecule has 0 aliphatic heterocycles. The number of aliphatic imine (C=N–C) groups is 1. The predicted octanol–water partition coefficient (Wildman–Crippen LogP) is 1.94. The Labute approximate surface area is 77.1 Å². The number of nitrogens with zero attached hydrogens (tertiary/aromatic N) is 1. The number of hydrogen-bond donors (Lipinski definition) is 0. The van der Waals surface area contributed by atoms with E-state index in [1.54, 1.807) is 20.8 Å². The van der Waals surface area contributed by atoms with E-state index in [2.05, 4.69) is 29.0 Å². The Balaban J connectivity index is 4.34. The molecule has 0 amide bonds. The topological polar surface area (TPSA) is 38.7 Å². The van der Waals surface area contributed by atoms with Crippen LogP contribution in [0.1, 0.15) is 20.8 Å². The molecule has 12 heavy (non-hydrogen) atoms. The fourth-order valence-electron chi connectivity index (χ4n) is 0.447. The van der Waals surface area contributed by atoms with Crippen LogP contribution in [0.15, 0.2) is 17.1 Å². The largest absolute Gasteiger partial charge is 0.434 e. The van der Waals surface area contributed by atoms with Crippen molar-refractivity contribution >= 4 is 23.3 Å². The van der Waals surface area contributed by atoms with Crippen LogP contribution in [0.4, 0.5) is 0 Å². The van der Waals surface area contributed by atoms with Gasteiger partial charge in [-0.15, -0.1) is 0 Å². The summed E-state index contributed by atoms with van der Waals surface area (Å²) in [5, 5.41) is 2.15. The van der Waals surface area contributed by atoms with Crippen LogP contribution >= 0.6 is 12.2 Å². The summed E-state index contributed by atoms with van der Waals surface area (Å²) in [6.07, 6.45) is 0. The maximum absolute atomic E-state index is 11.0. The fraction of sp³-hybridized carbons (Fsp3) is 0.500. The molecule has 0 saturated heterocycles. The zero-order valence-corrected chi connectivity index (χ0v) is 8.20. The summed E-state index contributed by atoms with van der Waals surface area (Å²) < 4.78 is 4.91. The molecule has 0 aromatic heterocycles. The Morgan fingerprint density at radius 2 is 2.17 bits per heavy atom. The summed E-state index contributed by atoms with van der Waals surface area (Å²) in [6.45, 7) is 8.24. The van der Waals surface area contributed by atoms with E-state index in [1.807, 2.05) is 0 Å². The van der Waals surface area contributed by atoms with Gasteiger partial charge in [-0.25, -0.2) is 4.79 Å². The van der Waals surface area contributed by atoms with Gasteiger partial charge >= 0.3 is 5.97 Å². The molecule has 0 aliphatic carbocycles. The lowest BCUT2D eigenvalue weighted by Gasteiger charge is -2.18. The number of hydrogen-bond acceptors (Lipinski definition) is 4. The maximum atomic E-state index is 11.0. The Bertz CT molecular complexity index is 252. The first-order valence-corrected chi connectivity index (χ1v) is 3.78. The number of carbonyl (C=O) groups is 1. The highest BCUT2D eigenvalue weighted by Crippen LogP contribution is 2.12. The third kappa shape index (κ3) is 4.01. The summed E-state index contributed by atoms with van der Waals surface area (Å²) in [4.78, 5) is 14.6. The maximum Gasteiger partial charge on any atom is 0.335 e. The summed E-state index contributed by atoms with van der Waals surface area (Å²) in [7, 11) is 0. The van der Waals surface area contributed by atoms with E-state index in [-0.39, 0.29) is 0 Å². The number of ether oxygens (including phenoxy) is 1. The first kappa shape index (κ1) is 11.0. The van der Waals surface area contributed by atoms with Crippen LogP contribution in [0.5, 0.6) is 0 Å². The summed E-state index contributed by atoms with van der Waals surface area (Å²) in [5.74, 6) is -0.478. The molecule has 0 aliphatic rings. The van der Waals surface area contributed by atoms with Crippen LogP contribution in [-0.4, -0.2) is 16.9 Å². The quantitative estimate of drug-likeness (QED) is 0.292. The van der Waals surface area contributed by atoms with Crippen molar-refractivity contribution in [2.24, 2.45) is 4.99 Å². The normalized spacial score (nSPS) is 9.92. The number of carbonyl (C=O) groups excluding carboxylic acids is 1. The molecule has 66 valence electrons. The van der Waals surface area contributed by atoms with Crippen LogP contribution in [0.25, 0.3) is 0 Å². The lowest BCUT2D eigenvalue weighted by Crippen LogP contribution is -2.25. The van der Waals surface area contributed by atoms with Gasteiger partial charge in [0.15, 0.2) is 0 Å². The molecule has 0 aromatic carbocycles. The number of thiocarbonyl (C=S) groups is 1. The molecular weight excluding hydrogens is 174 g/mol. The smallest absolute Gasteiger partial charge is 0.335 e. The SMILES string of the molecule is C=C(C)C(=O)OC(C)(C)N=C=S. The van der Waals surface area contributed by atoms with E-state index < -0.39 is 11.7 Å². The Kier molecular flexibility index (Phi) is 3.80. The van der Waals surface area contributed by atoms with Gasteiger partial charge in [0.2, 0.25) is 5.72 Å². The zero-order chi connectivity index (χ0) is 9.78. The summed E-state index contributed by atoms with van der Waals surface area (Å²) >= 11 is 4.39. The van der Waals surface area contributed by atoms with Crippen molar-refractivity contribution in [1.82, 2.24) is 0 Å². The minimum atomic E-state index is -0.947. The van der Waals surface area contributed by atoms with Crippen molar-refractivity contribution in [2.45, 2.75) is 26.5 Å². The first-order valence-electron chi connectivity index (χ1n) is 3.37. The van der Waals surface area contributed by atoms with Gasteiger partial charge < -0.3 is 4.74 Å². The van der Waals surface area contributed by atoms with Crippen LogP contribution in [0.3, 0.4) is 0 Å². The molecule has 0 spiro atoms. The van der Waals surface area contributed by atoms with Crippen LogP contribution in [0, 0.1) is 0 Å². The Hall–Kier alpha value is -0.990. The molecular formula is C8H11NO2S. The van der Waals surface area contributed by atoms with Gasteiger partial charge in [0.1, 0.15) is 0 Å². The van der Waals surface area contributed by atoms with Crippen LogP contribution in [0.2, 0.25) is 0 Å². The molecule has 0 saturated carbocycles. The fourth-order valence-corrected chi connectivity index (χ4v) is 0.667. The minimum absolute atomic E-state index is 0.336. The molecule has 0 aromatic rings. The standard InChI is InChI=1S/C8H11NO2S/c1-6(2)7(10)11-8(3,4)9-5-12/h1H2,2-4H3. The highest BCUT2D eigenvalue weighted by molar-refractivity contribution is 7.78. The lowest BCUT2D eigenvalue weighted by atomic mass is 10.3. The summed E-state index contributed by atoms with van der Waals surface area (Å²) in [6, 6.07) is 0. The second-order valence-electron chi connectivity index (χ2n) is 2.82. The third-order valence-corrected chi connectivity index (χ3v) is 1.10. The van der Waals surface area contributed by atoms with E-state index in [1.165, 1.54) is 0 Å². The highest BCUT2D eigenvalue weighted by Gasteiger charge is 2.20. The van der Waals surface area contributed by atoms with Gasteiger partial charge in [0.05, 0.1) is 5.16 Å². The highest BCUT2D eigenvalue weighted by atomic mass is 32.1. The molecule has 0 radical (unpaired) electrons. The molecule has 3 nitrogen and oxygen atoms in total. The number of isothiocyanates is 1. The van der Waals surface area contributed by atoms with Crippen molar-refractivity contribution in [1.29, 1.82) is 0 Å². The average molecular weight is 185 g/mol. The first-order chi connectivity index (χ1) is 5.39. The van der Waals surface area contributed by atoms with Gasteiger partial charge in [-0.1, -0.05) is 6.58 Å². The van der Waals surface area contributed by atoms with Crippen molar-refractivity contribution in [3.05, 3.63) is 12.2 Å². The second kappa shape index (κ2) is 4.14. The molecule has 0 bridgehead atoms. The summed E-state index contributed by atoms with van der Waals surface area (Å²) in [5.41, 5.74) is -0.611. The monoisotopic (exact) mass is 185 g/mol. The third-order valence-electron chi connectivity index (χ3n) is 1.01. The van der Waals surface area contributed by atoms with Crippen molar-refractivity contribution < 1.29 is 9.53 Å². The van der Waals surface area contributed by atoms with E-state index in [0.717, 1.165) is 0 Å². The molecule has 4 heteroatoms. The molecule has 0 N–H and O–H groups in total. The minimum Gasteiger partial charge on any atom is -0.434 e. The zero-order valence-electron chi connectivity index (χ0n) is 7.38. The predicted molar refractivity (Wildman–Crippen MR) is 50.0 cm³/mol. The lowest BCUT2D eigenvalue weighted by molar-refractivity contribution is -0.150. The van der Waals surface area contributed by atoms with Crippen molar-refractivity contribution in [2.75, 3.05) is 0 Å². The number of rotatable bonds is 3. The van der Waals surface area contributed by atoms with Gasteiger partial charge in [0, 0.05) is 5.57 Å². The van der Waals surface area contributed by atoms with E-state index in [9.17, 15) is 4.79 Å². The van der Waals surface area contributed by atoms with Crippen molar-refractivity contribution in [3.63, 3.8) is 0 Å². The second-order valence-corrected chi connectivity index (χ2v) is 3.00. The Morgan fingerprint density at radius 1 is 1.67 bits per heavy atom. The van der Waals surface area contributed by atoms with E-state index in [0.29, 0.717) is 5.57 Å². The van der Waals surface area contributed by atoms with Crippen LogP contribution in [-0.2, 0) is 9.53 Å². The Morgan fingerprint density at radius 3 is 2.50 bits per heavy atom. The molecule has 0 fully saturated rings. The molecule has 0 rings (SSSR count). The van der Waals surface area contributed by atoms with E-state index in [4.69, 9.17) is 4.74 Å². The van der Waals surface area contributed by atoms with Gasteiger partial charge in [0.25, 0.3) is 0 Å². The van der Waals surface area contributed by atoms with Gasteiger partial charge in [-0.05, 0) is 33.0 Å². The van der Waals surface area contributed by atoms with Gasteiger partial charge in [-0.3, -0.25) is 0 Å². The van der Waals surface area contributed by atoms with E-state index >= 15 is 0 Å². The average Bonchev–Trinajstić information content (AvgIpc) is 1.85. The van der Waals surface area contributed by atoms with Gasteiger partial charge in [-0.2, -0.15) is 4.99 Å². The van der Waals surface area contributed by atoms with Crippen LogP contribution < -0.4 is 0 Å².